The molecule has 0 spiro atoms. The Morgan fingerprint density at radius 1 is 1.04 bits per heavy atom. The largest absolute Gasteiger partial charge is 0.478 e. The fraction of sp³-hybridized carbons (Fsp3) is 0.250. The molecule has 0 unspecified atom stereocenters. The number of amides is 1. The minimum atomic E-state index is -1.08. The second-order valence-electron chi connectivity index (χ2n) is 6.77. The Kier molecular flexibility index (Phi) is 5.77. The Morgan fingerprint density at radius 3 is 2.38 bits per heavy atom. The molecule has 0 aromatic heterocycles. The molecule has 0 fully saturated rings. The number of carbonyl (C=O) groups excluding carboxylic acids is 2. The number of rotatable bonds is 5. The summed E-state index contributed by atoms with van der Waals surface area (Å²) in [5.41, 5.74) is 0.650. The summed E-state index contributed by atoms with van der Waals surface area (Å²) in [5.74, 6) is -1.94. The SMILES string of the molecule is CC(C)(C)OC(=O)c1cccc(NC(=O)Cc2ccccc2C(=O)O)c1. The molecule has 26 heavy (non-hydrogen) atoms. The molecule has 0 saturated heterocycles. The maximum absolute atomic E-state index is 12.2. The van der Waals surface area contributed by atoms with Gasteiger partial charge in [0.05, 0.1) is 17.5 Å². The van der Waals surface area contributed by atoms with Gasteiger partial charge in [0.25, 0.3) is 0 Å². The van der Waals surface area contributed by atoms with Gasteiger partial charge < -0.3 is 15.2 Å². The van der Waals surface area contributed by atoms with E-state index in [1.165, 1.54) is 12.1 Å². The van der Waals surface area contributed by atoms with E-state index in [-0.39, 0.29) is 17.9 Å². The molecule has 1 amide bonds. The van der Waals surface area contributed by atoms with E-state index in [0.29, 0.717) is 16.8 Å². The van der Waals surface area contributed by atoms with Crippen LogP contribution < -0.4 is 5.32 Å². The second-order valence-corrected chi connectivity index (χ2v) is 6.77. The highest BCUT2D eigenvalue weighted by molar-refractivity contribution is 5.97. The van der Waals surface area contributed by atoms with Gasteiger partial charge in [0.2, 0.25) is 5.91 Å². The normalized spacial score (nSPS) is 10.9. The molecule has 0 aliphatic rings. The molecule has 0 heterocycles. The van der Waals surface area contributed by atoms with Crippen molar-refractivity contribution >= 4 is 23.5 Å². The van der Waals surface area contributed by atoms with Crippen molar-refractivity contribution < 1.29 is 24.2 Å². The number of carbonyl (C=O) groups is 3. The van der Waals surface area contributed by atoms with Gasteiger partial charge in [-0.3, -0.25) is 4.79 Å². The molecule has 2 aromatic rings. The predicted octanol–water partition coefficient (Wildman–Crippen LogP) is 3.52. The van der Waals surface area contributed by atoms with Crippen LogP contribution in [0.15, 0.2) is 48.5 Å². The van der Waals surface area contributed by atoms with Crippen LogP contribution in [0, 0.1) is 0 Å². The summed E-state index contributed by atoms with van der Waals surface area (Å²) in [6, 6.07) is 12.7. The molecule has 6 heteroatoms. The summed E-state index contributed by atoms with van der Waals surface area (Å²) in [5, 5.41) is 11.9. The lowest BCUT2D eigenvalue weighted by atomic mass is 10.0. The van der Waals surface area contributed by atoms with E-state index >= 15 is 0 Å². The Bertz CT molecular complexity index is 836. The van der Waals surface area contributed by atoms with Gasteiger partial charge in [-0.25, -0.2) is 9.59 Å². The number of carboxylic acids is 1. The lowest BCUT2D eigenvalue weighted by molar-refractivity contribution is -0.115. The molecule has 0 aliphatic carbocycles. The number of nitrogens with one attached hydrogen (secondary N) is 1. The third-order valence-corrected chi connectivity index (χ3v) is 3.38. The quantitative estimate of drug-likeness (QED) is 0.801. The molecule has 2 aromatic carbocycles. The average molecular weight is 355 g/mol. The summed E-state index contributed by atoms with van der Waals surface area (Å²) in [6.45, 7) is 5.32. The molecule has 0 saturated carbocycles. The van der Waals surface area contributed by atoms with Gasteiger partial charge in [-0.05, 0) is 50.6 Å². The number of esters is 1. The maximum Gasteiger partial charge on any atom is 0.338 e. The number of hydrogen-bond acceptors (Lipinski definition) is 4. The topological polar surface area (TPSA) is 92.7 Å². The van der Waals surface area contributed by atoms with Crippen LogP contribution in [0.5, 0.6) is 0 Å². The number of aromatic carboxylic acids is 1. The van der Waals surface area contributed by atoms with Crippen LogP contribution in [0.3, 0.4) is 0 Å². The van der Waals surface area contributed by atoms with Gasteiger partial charge in [0, 0.05) is 5.69 Å². The summed E-state index contributed by atoms with van der Waals surface area (Å²) in [6.07, 6.45) is -0.0842. The van der Waals surface area contributed by atoms with Crippen molar-refractivity contribution in [3.05, 3.63) is 65.2 Å². The van der Waals surface area contributed by atoms with Gasteiger partial charge in [0.1, 0.15) is 5.60 Å². The third-order valence-electron chi connectivity index (χ3n) is 3.38. The van der Waals surface area contributed by atoms with E-state index in [1.807, 2.05) is 0 Å². The van der Waals surface area contributed by atoms with Crippen LogP contribution in [0.4, 0.5) is 5.69 Å². The standard InChI is InChI=1S/C20H21NO5/c1-20(2,3)26-19(25)14-8-6-9-15(11-14)21-17(22)12-13-7-4-5-10-16(13)18(23)24/h4-11H,12H2,1-3H3,(H,21,22)(H,23,24). The molecule has 2 N–H and O–H groups in total. The van der Waals surface area contributed by atoms with Crippen LogP contribution in [0.2, 0.25) is 0 Å². The molecule has 0 atom stereocenters. The highest BCUT2D eigenvalue weighted by atomic mass is 16.6. The number of ether oxygens (including phenoxy) is 1. The number of benzene rings is 2. The first-order valence-electron chi connectivity index (χ1n) is 8.10. The van der Waals surface area contributed by atoms with Crippen molar-refractivity contribution in [3.8, 4) is 0 Å². The van der Waals surface area contributed by atoms with E-state index in [2.05, 4.69) is 5.32 Å². The van der Waals surface area contributed by atoms with Gasteiger partial charge in [0.15, 0.2) is 0 Å². The molecular formula is C20H21NO5. The highest BCUT2D eigenvalue weighted by Crippen LogP contribution is 2.17. The molecular weight excluding hydrogens is 334 g/mol. The first-order valence-corrected chi connectivity index (χ1v) is 8.10. The minimum absolute atomic E-state index is 0.0842. The van der Waals surface area contributed by atoms with Crippen LogP contribution >= 0.6 is 0 Å². The monoisotopic (exact) mass is 355 g/mol. The highest BCUT2D eigenvalue weighted by Gasteiger charge is 2.18. The van der Waals surface area contributed by atoms with Gasteiger partial charge in [-0.15, -0.1) is 0 Å². The number of anilines is 1. The predicted molar refractivity (Wildman–Crippen MR) is 97.3 cm³/mol. The lowest BCUT2D eigenvalue weighted by Crippen LogP contribution is -2.24. The van der Waals surface area contributed by atoms with Gasteiger partial charge in [-0.2, -0.15) is 0 Å². The van der Waals surface area contributed by atoms with Crippen molar-refractivity contribution in [3.63, 3.8) is 0 Å². The molecule has 2 rings (SSSR count). The Morgan fingerprint density at radius 2 is 1.73 bits per heavy atom. The third kappa shape index (κ3) is 5.44. The van der Waals surface area contributed by atoms with E-state index < -0.39 is 17.5 Å². The van der Waals surface area contributed by atoms with Crippen molar-refractivity contribution in [2.45, 2.75) is 32.8 Å². The van der Waals surface area contributed by atoms with E-state index in [0.717, 1.165) is 0 Å². The summed E-state index contributed by atoms with van der Waals surface area (Å²) >= 11 is 0. The Hall–Kier alpha value is -3.15. The second kappa shape index (κ2) is 7.82. The van der Waals surface area contributed by atoms with Gasteiger partial charge >= 0.3 is 11.9 Å². The van der Waals surface area contributed by atoms with Crippen molar-refractivity contribution in [2.75, 3.05) is 5.32 Å². The zero-order valence-corrected chi connectivity index (χ0v) is 14.9. The molecule has 6 nitrogen and oxygen atoms in total. The van der Waals surface area contributed by atoms with E-state index in [9.17, 15) is 19.5 Å². The van der Waals surface area contributed by atoms with E-state index in [1.54, 1.807) is 57.2 Å². The molecule has 0 aliphatic heterocycles. The first-order chi connectivity index (χ1) is 12.2. The van der Waals surface area contributed by atoms with Crippen molar-refractivity contribution in [1.29, 1.82) is 0 Å². The zero-order chi connectivity index (χ0) is 19.3. The smallest absolute Gasteiger partial charge is 0.338 e. The van der Waals surface area contributed by atoms with Crippen LogP contribution in [-0.2, 0) is 16.0 Å². The number of hydrogen-bond donors (Lipinski definition) is 2. The minimum Gasteiger partial charge on any atom is -0.478 e. The number of carboxylic acid groups (broad SMARTS) is 1. The summed E-state index contributed by atoms with van der Waals surface area (Å²) in [7, 11) is 0. The van der Waals surface area contributed by atoms with Gasteiger partial charge in [-0.1, -0.05) is 24.3 Å². The van der Waals surface area contributed by atoms with Crippen molar-refractivity contribution in [1.82, 2.24) is 0 Å². The zero-order valence-electron chi connectivity index (χ0n) is 14.9. The van der Waals surface area contributed by atoms with E-state index in [4.69, 9.17) is 4.74 Å². The van der Waals surface area contributed by atoms with Crippen LogP contribution in [0.1, 0.15) is 47.1 Å². The Balaban J connectivity index is 2.10. The molecule has 0 radical (unpaired) electrons. The first kappa shape index (κ1) is 19.2. The summed E-state index contributed by atoms with van der Waals surface area (Å²) in [4.78, 5) is 35.6. The summed E-state index contributed by atoms with van der Waals surface area (Å²) < 4.78 is 5.30. The maximum atomic E-state index is 12.2. The van der Waals surface area contributed by atoms with Crippen molar-refractivity contribution in [2.24, 2.45) is 0 Å². The molecule has 0 bridgehead atoms. The Labute approximate surface area is 151 Å². The fourth-order valence-corrected chi connectivity index (χ4v) is 2.32. The molecule has 136 valence electrons. The fourth-order valence-electron chi connectivity index (χ4n) is 2.32. The lowest BCUT2D eigenvalue weighted by Gasteiger charge is -2.19. The van der Waals surface area contributed by atoms with Crippen LogP contribution in [0.25, 0.3) is 0 Å². The average Bonchev–Trinajstić information content (AvgIpc) is 2.53. The van der Waals surface area contributed by atoms with Crippen LogP contribution in [-0.4, -0.2) is 28.6 Å².